The fourth-order valence-electron chi connectivity index (χ4n) is 0. The molecule has 84 valence electrons. The Balaban J connectivity index is -0.00000000167. The predicted octanol–water partition coefficient (Wildman–Crippen LogP) is -6.26. The zero-order valence-electron chi connectivity index (χ0n) is 12.3. The van der Waals surface area contributed by atoms with E-state index in [1.54, 1.807) is 0 Å². The summed E-state index contributed by atoms with van der Waals surface area (Å²) in [5.74, 6) is 0. The van der Waals surface area contributed by atoms with Crippen LogP contribution in [-0.4, -0.2) is 210 Å². The average Bonchev–Trinajstić information content (AvgIpc) is 2.33. The quantitative estimate of drug-likeness (QED) is 0.213. The van der Waals surface area contributed by atoms with Gasteiger partial charge in [0.2, 0.25) is 0 Å². The topological polar surface area (TPSA) is 0 Å². The molecule has 0 amide bonds. The van der Waals surface area contributed by atoms with Crippen molar-refractivity contribution in [1.82, 2.24) is 0 Å². The SMILES string of the molecule is [Ga+3].[Ga+3].[H+].[H+].[H+].[H+].[H+].[H+].[Se-][SeH].[Se-][SeH].[Se-][SeH].[Se-][SeH].[Se-][SeH].[Se-][SeH]. The van der Waals surface area contributed by atoms with Crippen LogP contribution in [0.3, 0.4) is 0 Å². The number of hydrogen-bond acceptors (Lipinski definition) is 0. The van der Waals surface area contributed by atoms with Crippen molar-refractivity contribution >= 4 is 210 Å². The Morgan fingerprint density at radius 1 is 0.357 bits per heavy atom. The summed E-state index contributed by atoms with van der Waals surface area (Å²) in [6, 6.07) is 0. The van der Waals surface area contributed by atoms with Gasteiger partial charge in [-0.2, -0.15) is 0 Å². The van der Waals surface area contributed by atoms with Crippen LogP contribution in [0.2, 0.25) is 0 Å². The van der Waals surface area contributed by atoms with Gasteiger partial charge in [0.25, 0.3) is 0 Å². The summed E-state index contributed by atoms with van der Waals surface area (Å²) in [7, 11) is 0. The summed E-state index contributed by atoms with van der Waals surface area (Å²) in [6.07, 6.45) is 0. The summed E-state index contributed by atoms with van der Waals surface area (Å²) < 4.78 is 0. The van der Waals surface area contributed by atoms with Crippen molar-refractivity contribution in [3.8, 4) is 0 Å². The van der Waals surface area contributed by atoms with E-state index in [9.17, 15) is 0 Å². The molecule has 0 aromatic carbocycles. The van der Waals surface area contributed by atoms with Crippen LogP contribution >= 0.6 is 0 Å². The molecule has 0 rings (SSSR count). The van der Waals surface area contributed by atoms with Gasteiger partial charge in [-0.25, -0.2) is 0 Å². The fraction of sp³-hybridized carbons (Fsp3) is 0. The molecule has 0 bridgehead atoms. The molecular formula is H12Ga2Se12+6. The first-order valence-corrected chi connectivity index (χ1v) is 29.6. The van der Waals surface area contributed by atoms with E-state index in [-0.39, 0.29) is 48.1 Å². The molecule has 0 fully saturated rings. The van der Waals surface area contributed by atoms with Crippen LogP contribution in [-0.2, 0) is 0 Å². The molecular weight excluding hydrogens is 1090 g/mol. The minimum absolute atomic E-state index is 0. The van der Waals surface area contributed by atoms with Crippen LogP contribution in [0.4, 0.5) is 0 Å². The summed E-state index contributed by atoms with van der Waals surface area (Å²) in [5, 5.41) is 0. The molecule has 0 saturated heterocycles. The van der Waals surface area contributed by atoms with Crippen molar-refractivity contribution in [3.05, 3.63) is 0 Å². The van der Waals surface area contributed by atoms with E-state index in [1.165, 1.54) is 0 Å². The molecule has 0 aliphatic rings. The van der Waals surface area contributed by atoms with Gasteiger partial charge in [-0.15, -0.1) is 0 Å². The average molecular weight is 1100 g/mol. The van der Waals surface area contributed by atoms with E-state index in [0.717, 1.165) is 0 Å². The Morgan fingerprint density at radius 3 is 0.357 bits per heavy atom. The second kappa shape index (κ2) is 138. The molecule has 0 nitrogen and oxygen atoms in total. The van der Waals surface area contributed by atoms with E-state index in [2.05, 4.69) is 170 Å². The van der Waals surface area contributed by atoms with Crippen LogP contribution in [0.1, 0.15) is 8.56 Å². The Labute approximate surface area is 213 Å². The molecule has 14 heteroatoms. The van der Waals surface area contributed by atoms with Gasteiger partial charge in [-0.05, 0) is 0 Å². The van der Waals surface area contributed by atoms with Gasteiger partial charge in [0.1, 0.15) is 0 Å². The first kappa shape index (κ1) is 49.6. The van der Waals surface area contributed by atoms with E-state index in [0.29, 0.717) is 0 Å². The van der Waals surface area contributed by atoms with Gasteiger partial charge in [-0.1, -0.05) is 0 Å². The molecule has 0 spiro atoms. The minimum atomic E-state index is 0. The van der Waals surface area contributed by atoms with Gasteiger partial charge in [0.05, 0.1) is 0 Å². The van der Waals surface area contributed by atoms with Crippen molar-refractivity contribution in [2.75, 3.05) is 0 Å². The molecule has 0 unspecified atom stereocenters. The maximum atomic E-state index is 2.56. The molecule has 0 N–H and O–H groups in total. The first-order chi connectivity index (χ1) is 6.00. The van der Waals surface area contributed by atoms with Gasteiger partial charge in [-0.3, -0.25) is 0 Å². The molecule has 14 heavy (non-hydrogen) atoms. The molecule has 0 saturated carbocycles. The van der Waals surface area contributed by atoms with Gasteiger partial charge in [0, 0.05) is 0 Å². The molecule has 0 aromatic rings. The van der Waals surface area contributed by atoms with Crippen LogP contribution in [0.5, 0.6) is 0 Å². The molecule has 0 heterocycles. The Bertz CT molecular complexity index is 25.9. The van der Waals surface area contributed by atoms with Gasteiger partial charge in [0.15, 0.2) is 0 Å². The van der Waals surface area contributed by atoms with E-state index >= 15 is 0 Å². The Hall–Kier alpha value is 7.51. The van der Waals surface area contributed by atoms with Gasteiger partial charge < -0.3 is 0 Å². The maximum absolute atomic E-state index is 2.56. The third kappa shape index (κ3) is 119. The zero-order chi connectivity index (χ0) is 12.0. The predicted molar refractivity (Wildman–Crippen MR) is 95.6 cm³/mol. The Kier molecular flexibility index (Phi) is 490. The second-order valence-corrected chi connectivity index (χ2v) is 0. The second-order valence-electron chi connectivity index (χ2n) is 0. The summed E-state index contributed by atoms with van der Waals surface area (Å²) in [4.78, 5) is 0. The van der Waals surface area contributed by atoms with Crippen molar-refractivity contribution in [2.45, 2.75) is 0 Å². The van der Waals surface area contributed by atoms with Crippen LogP contribution in [0.15, 0.2) is 0 Å². The third-order valence-electron chi connectivity index (χ3n) is 0. The van der Waals surface area contributed by atoms with E-state index in [4.69, 9.17) is 0 Å². The normalized spacial score (nSPS) is 2.57. The van der Waals surface area contributed by atoms with Crippen molar-refractivity contribution < 1.29 is 8.56 Å². The molecule has 0 aromatic heterocycles. The standard InChI is InChI=1S/2Ga.6H2Se2/c;;6*1-2/h;;6*1-2H/q2*+3;;;;;;. The molecule has 0 aliphatic carbocycles. The van der Waals surface area contributed by atoms with Crippen LogP contribution in [0, 0.1) is 0 Å². The third-order valence-corrected chi connectivity index (χ3v) is 0. The summed E-state index contributed by atoms with van der Waals surface area (Å²) in [5.41, 5.74) is 0. The summed E-state index contributed by atoms with van der Waals surface area (Å²) >= 11 is 28.5. The van der Waals surface area contributed by atoms with Crippen molar-refractivity contribution in [2.24, 2.45) is 0 Å². The van der Waals surface area contributed by atoms with Gasteiger partial charge >= 0.3 is 218 Å². The molecule has 0 atom stereocenters. The van der Waals surface area contributed by atoms with Crippen LogP contribution in [0.25, 0.3) is 0 Å². The summed E-state index contributed by atoms with van der Waals surface area (Å²) in [6.45, 7) is 0. The molecule has 0 radical (unpaired) electrons. The van der Waals surface area contributed by atoms with E-state index < -0.39 is 0 Å². The Morgan fingerprint density at radius 2 is 0.357 bits per heavy atom. The first-order valence-electron chi connectivity index (χ1n) is 1.10. The fourth-order valence-corrected chi connectivity index (χ4v) is 0. The van der Waals surface area contributed by atoms with Crippen LogP contribution < -0.4 is 0 Å². The van der Waals surface area contributed by atoms with Crippen molar-refractivity contribution in [3.63, 3.8) is 0 Å². The monoisotopic (exact) mass is 1110 g/mol. The number of hydrogen-bond donors (Lipinski definition) is 0. The zero-order valence-corrected chi connectivity index (χ0v) is 32.7. The van der Waals surface area contributed by atoms with E-state index in [1.807, 2.05) is 0 Å². The molecule has 0 aliphatic heterocycles. The van der Waals surface area contributed by atoms with Crippen molar-refractivity contribution in [1.29, 1.82) is 0 Å². The number of rotatable bonds is 0.